The molecule has 0 bridgehead atoms. The van der Waals surface area contributed by atoms with E-state index in [0.29, 0.717) is 0 Å². The van der Waals surface area contributed by atoms with Crippen LogP contribution in [0.25, 0.3) is 0 Å². The van der Waals surface area contributed by atoms with E-state index in [0.717, 1.165) is 26.2 Å². The average molecular weight is 288 g/mol. The summed E-state index contributed by atoms with van der Waals surface area (Å²) in [5.74, 6) is 0. The number of likely N-dealkylation sites (N-methyl/N-ethyl adjacent to an activating group) is 1. The van der Waals surface area contributed by atoms with Crippen molar-refractivity contribution in [3.05, 3.63) is 29.3 Å². The predicted molar refractivity (Wildman–Crippen MR) is 93.6 cm³/mol. The Bertz CT molecular complexity index is 483. The number of piperazine rings is 1. The molecule has 1 aliphatic heterocycles. The Morgan fingerprint density at radius 2 is 1.38 bits per heavy atom. The minimum absolute atomic E-state index is 0.180. The van der Waals surface area contributed by atoms with Crippen LogP contribution in [-0.4, -0.2) is 38.1 Å². The van der Waals surface area contributed by atoms with Gasteiger partial charge in [-0.2, -0.15) is 0 Å². The lowest BCUT2D eigenvalue weighted by Gasteiger charge is -2.38. The number of benzene rings is 1. The third-order valence-electron chi connectivity index (χ3n) is 4.51. The standard InChI is InChI=1S/C19H32N2/c1-18(2,3)15-8-9-17(16(14-15)19(4,5)6)21-12-10-20(7)11-13-21/h8-9,14H,10-13H2,1-7H3. The molecule has 2 rings (SSSR count). The van der Waals surface area contributed by atoms with Gasteiger partial charge in [0.15, 0.2) is 0 Å². The molecule has 0 radical (unpaired) electrons. The van der Waals surface area contributed by atoms with Crippen LogP contribution in [-0.2, 0) is 10.8 Å². The van der Waals surface area contributed by atoms with Gasteiger partial charge in [-0.25, -0.2) is 0 Å². The second-order valence-corrected chi connectivity index (χ2v) is 8.52. The smallest absolute Gasteiger partial charge is 0.0405 e. The fourth-order valence-corrected chi connectivity index (χ4v) is 2.93. The Morgan fingerprint density at radius 3 is 1.86 bits per heavy atom. The van der Waals surface area contributed by atoms with Crippen LogP contribution in [0.3, 0.4) is 0 Å². The summed E-state index contributed by atoms with van der Waals surface area (Å²) in [5.41, 5.74) is 4.74. The molecule has 0 saturated carbocycles. The first-order valence-electron chi connectivity index (χ1n) is 8.17. The molecule has 1 heterocycles. The highest BCUT2D eigenvalue weighted by atomic mass is 15.2. The third kappa shape index (κ3) is 3.79. The molecular weight excluding hydrogens is 256 g/mol. The predicted octanol–water partition coefficient (Wildman–Crippen LogP) is 4.03. The Labute approximate surface area is 131 Å². The molecule has 1 fully saturated rings. The van der Waals surface area contributed by atoms with Crippen LogP contribution in [0.5, 0.6) is 0 Å². The van der Waals surface area contributed by atoms with Crippen LogP contribution in [0.2, 0.25) is 0 Å². The van der Waals surface area contributed by atoms with Gasteiger partial charge in [0.2, 0.25) is 0 Å². The van der Waals surface area contributed by atoms with E-state index in [1.165, 1.54) is 16.8 Å². The van der Waals surface area contributed by atoms with Crippen LogP contribution >= 0.6 is 0 Å². The Morgan fingerprint density at radius 1 is 0.810 bits per heavy atom. The minimum Gasteiger partial charge on any atom is -0.369 e. The van der Waals surface area contributed by atoms with E-state index in [9.17, 15) is 0 Å². The van der Waals surface area contributed by atoms with Gasteiger partial charge >= 0.3 is 0 Å². The molecule has 0 aromatic heterocycles. The molecule has 1 aromatic rings. The van der Waals surface area contributed by atoms with E-state index in [1.54, 1.807) is 0 Å². The van der Waals surface area contributed by atoms with Gasteiger partial charge in [0.05, 0.1) is 0 Å². The molecule has 0 amide bonds. The van der Waals surface area contributed by atoms with Gasteiger partial charge in [0, 0.05) is 31.9 Å². The molecule has 118 valence electrons. The molecule has 0 N–H and O–H groups in total. The van der Waals surface area contributed by atoms with Crippen LogP contribution in [0, 0.1) is 0 Å². The van der Waals surface area contributed by atoms with Crippen molar-refractivity contribution in [2.24, 2.45) is 0 Å². The highest BCUT2D eigenvalue weighted by molar-refractivity contribution is 5.58. The molecule has 1 saturated heterocycles. The maximum absolute atomic E-state index is 2.56. The van der Waals surface area contributed by atoms with Crippen LogP contribution in [0.15, 0.2) is 18.2 Å². The molecule has 1 aliphatic rings. The Hall–Kier alpha value is -1.02. The average Bonchev–Trinajstić information content (AvgIpc) is 2.37. The van der Waals surface area contributed by atoms with Crippen molar-refractivity contribution in [3.63, 3.8) is 0 Å². The van der Waals surface area contributed by atoms with Crippen LogP contribution in [0.4, 0.5) is 5.69 Å². The molecule has 0 aliphatic carbocycles. The second kappa shape index (κ2) is 5.64. The summed E-state index contributed by atoms with van der Waals surface area (Å²) in [6.45, 7) is 18.5. The summed E-state index contributed by atoms with van der Waals surface area (Å²) < 4.78 is 0. The van der Waals surface area contributed by atoms with E-state index < -0.39 is 0 Å². The monoisotopic (exact) mass is 288 g/mol. The molecular formula is C19H32N2. The summed E-state index contributed by atoms with van der Waals surface area (Å²) in [7, 11) is 2.21. The zero-order valence-corrected chi connectivity index (χ0v) is 15.0. The van der Waals surface area contributed by atoms with E-state index >= 15 is 0 Å². The van der Waals surface area contributed by atoms with Gasteiger partial charge in [-0.3, -0.25) is 0 Å². The van der Waals surface area contributed by atoms with Crippen molar-refractivity contribution in [3.8, 4) is 0 Å². The van der Waals surface area contributed by atoms with Crippen molar-refractivity contribution < 1.29 is 0 Å². The fourth-order valence-electron chi connectivity index (χ4n) is 2.93. The van der Waals surface area contributed by atoms with Gasteiger partial charge in [-0.05, 0) is 35.1 Å². The molecule has 0 atom stereocenters. The maximum atomic E-state index is 2.56. The van der Waals surface area contributed by atoms with Crippen molar-refractivity contribution in [1.29, 1.82) is 0 Å². The molecule has 2 nitrogen and oxygen atoms in total. The van der Waals surface area contributed by atoms with Crippen LogP contribution < -0.4 is 4.90 Å². The number of hydrogen-bond donors (Lipinski definition) is 0. The third-order valence-corrected chi connectivity index (χ3v) is 4.51. The Kier molecular flexibility index (Phi) is 4.39. The molecule has 2 heteroatoms. The molecule has 0 spiro atoms. The molecule has 1 aromatic carbocycles. The highest BCUT2D eigenvalue weighted by Gasteiger charge is 2.25. The van der Waals surface area contributed by atoms with Gasteiger partial charge in [-0.1, -0.05) is 53.7 Å². The van der Waals surface area contributed by atoms with Crippen molar-refractivity contribution in [2.45, 2.75) is 52.4 Å². The fraction of sp³-hybridized carbons (Fsp3) is 0.684. The number of anilines is 1. The summed E-state index contributed by atoms with van der Waals surface area (Å²) in [6, 6.07) is 7.11. The van der Waals surface area contributed by atoms with Crippen molar-refractivity contribution in [1.82, 2.24) is 4.90 Å². The zero-order valence-electron chi connectivity index (χ0n) is 15.0. The number of rotatable bonds is 1. The summed E-state index contributed by atoms with van der Waals surface area (Å²) in [5, 5.41) is 0. The maximum Gasteiger partial charge on any atom is 0.0405 e. The largest absolute Gasteiger partial charge is 0.369 e. The van der Waals surface area contributed by atoms with E-state index in [2.05, 4.69) is 76.6 Å². The van der Waals surface area contributed by atoms with E-state index in [1.807, 2.05) is 0 Å². The zero-order chi connectivity index (χ0) is 15.8. The minimum atomic E-state index is 0.180. The first-order chi connectivity index (χ1) is 9.59. The molecule has 21 heavy (non-hydrogen) atoms. The Balaban J connectivity index is 2.41. The summed E-state index contributed by atoms with van der Waals surface area (Å²) in [6.07, 6.45) is 0. The van der Waals surface area contributed by atoms with Crippen molar-refractivity contribution >= 4 is 5.69 Å². The second-order valence-electron chi connectivity index (χ2n) is 8.52. The molecule has 0 unspecified atom stereocenters. The summed E-state index contributed by atoms with van der Waals surface area (Å²) in [4.78, 5) is 4.98. The number of hydrogen-bond acceptors (Lipinski definition) is 2. The van der Waals surface area contributed by atoms with E-state index in [4.69, 9.17) is 0 Å². The summed E-state index contributed by atoms with van der Waals surface area (Å²) >= 11 is 0. The number of nitrogens with zero attached hydrogens (tertiary/aromatic N) is 2. The SMILES string of the molecule is CN1CCN(c2ccc(C(C)(C)C)cc2C(C)(C)C)CC1. The van der Waals surface area contributed by atoms with Gasteiger partial charge in [0.1, 0.15) is 0 Å². The van der Waals surface area contributed by atoms with Gasteiger partial charge in [-0.15, -0.1) is 0 Å². The lowest BCUT2D eigenvalue weighted by molar-refractivity contribution is 0.312. The van der Waals surface area contributed by atoms with E-state index in [-0.39, 0.29) is 10.8 Å². The topological polar surface area (TPSA) is 6.48 Å². The quantitative estimate of drug-likeness (QED) is 0.769. The highest BCUT2D eigenvalue weighted by Crippen LogP contribution is 2.36. The van der Waals surface area contributed by atoms with Crippen LogP contribution in [0.1, 0.15) is 52.7 Å². The van der Waals surface area contributed by atoms with Gasteiger partial charge < -0.3 is 9.80 Å². The van der Waals surface area contributed by atoms with Crippen molar-refractivity contribution in [2.75, 3.05) is 38.1 Å². The lowest BCUT2D eigenvalue weighted by Crippen LogP contribution is -2.45. The first-order valence-corrected chi connectivity index (χ1v) is 8.17. The van der Waals surface area contributed by atoms with Gasteiger partial charge in [0.25, 0.3) is 0 Å². The lowest BCUT2D eigenvalue weighted by atomic mass is 9.79. The normalized spacial score (nSPS) is 18.1. The first kappa shape index (κ1) is 16.4.